The Morgan fingerprint density at radius 2 is 2.05 bits per heavy atom. The van der Waals surface area contributed by atoms with Crippen molar-refractivity contribution in [3.05, 3.63) is 0 Å². The molecule has 3 heteroatoms. The van der Waals surface area contributed by atoms with Crippen molar-refractivity contribution in [2.45, 2.75) is 58.4 Å². The molecule has 0 aromatic carbocycles. The Morgan fingerprint density at radius 1 is 1.20 bits per heavy atom. The fourth-order valence-corrected chi connectivity index (χ4v) is 4.03. The number of nitrogens with one attached hydrogen (secondary N) is 1. The summed E-state index contributed by atoms with van der Waals surface area (Å²) in [4.78, 5) is 2.72. The smallest absolute Gasteiger partial charge is 0.0546 e. The normalized spacial score (nSPS) is 35.1. The van der Waals surface area contributed by atoms with Crippen LogP contribution in [0, 0.1) is 10.8 Å². The molecule has 0 aromatic heterocycles. The van der Waals surface area contributed by atoms with Gasteiger partial charge in [0.05, 0.1) is 6.61 Å². The van der Waals surface area contributed by atoms with Gasteiger partial charge in [-0.15, -0.1) is 0 Å². The van der Waals surface area contributed by atoms with Gasteiger partial charge in [0.25, 0.3) is 0 Å². The molecule has 1 atom stereocenters. The molecular weight excluding hydrogens is 248 g/mol. The van der Waals surface area contributed by atoms with E-state index in [-0.39, 0.29) is 0 Å². The van der Waals surface area contributed by atoms with E-state index in [9.17, 15) is 0 Å². The van der Waals surface area contributed by atoms with Crippen LogP contribution in [0.25, 0.3) is 0 Å². The summed E-state index contributed by atoms with van der Waals surface area (Å²) in [5.74, 6) is 0. The van der Waals surface area contributed by atoms with Crippen LogP contribution in [0.2, 0.25) is 0 Å². The number of nitrogens with zero attached hydrogens (tertiary/aromatic N) is 1. The Labute approximate surface area is 124 Å². The SMILES string of the molecule is CC1(C)CCCN(CC2(CNC3CC3)CCCOC2)C1. The van der Waals surface area contributed by atoms with Crippen molar-refractivity contribution < 1.29 is 4.74 Å². The lowest BCUT2D eigenvalue weighted by Crippen LogP contribution is -2.52. The van der Waals surface area contributed by atoms with E-state index in [4.69, 9.17) is 4.74 Å². The van der Waals surface area contributed by atoms with Gasteiger partial charge in [0.2, 0.25) is 0 Å². The standard InChI is InChI=1S/C17H32N2O/c1-16(2)7-3-9-19(12-16)13-17(8-4-10-20-14-17)11-18-15-5-6-15/h15,18H,3-14H2,1-2H3. The van der Waals surface area contributed by atoms with Gasteiger partial charge < -0.3 is 15.0 Å². The van der Waals surface area contributed by atoms with Crippen LogP contribution >= 0.6 is 0 Å². The average molecular weight is 280 g/mol. The Morgan fingerprint density at radius 3 is 2.70 bits per heavy atom. The topological polar surface area (TPSA) is 24.5 Å². The summed E-state index contributed by atoms with van der Waals surface area (Å²) in [5, 5.41) is 3.77. The van der Waals surface area contributed by atoms with Gasteiger partial charge in [-0.2, -0.15) is 0 Å². The number of rotatable bonds is 5. The Bertz CT molecular complexity index is 319. The molecule has 0 amide bonds. The van der Waals surface area contributed by atoms with Crippen molar-refractivity contribution in [2.75, 3.05) is 39.4 Å². The van der Waals surface area contributed by atoms with Crippen molar-refractivity contribution in [3.8, 4) is 0 Å². The van der Waals surface area contributed by atoms with Crippen LogP contribution in [-0.2, 0) is 4.74 Å². The fourth-order valence-electron chi connectivity index (χ4n) is 4.03. The molecule has 3 rings (SSSR count). The molecule has 0 bridgehead atoms. The third-order valence-corrected chi connectivity index (χ3v) is 5.29. The molecule has 1 unspecified atom stereocenters. The van der Waals surface area contributed by atoms with Crippen molar-refractivity contribution in [1.82, 2.24) is 10.2 Å². The van der Waals surface area contributed by atoms with Gasteiger partial charge in [-0.05, 0) is 50.5 Å². The Balaban J connectivity index is 1.59. The Kier molecular flexibility index (Phi) is 4.40. The first-order valence-electron chi connectivity index (χ1n) is 8.61. The van der Waals surface area contributed by atoms with Crippen LogP contribution in [0.3, 0.4) is 0 Å². The lowest BCUT2D eigenvalue weighted by molar-refractivity contribution is -0.0370. The molecule has 0 spiro atoms. The molecule has 0 radical (unpaired) electrons. The number of piperidine rings is 1. The highest BCUT2D eigenvalue weighted by Crippen LogP contribution is 2.34. The predicted molar refractivity (Wildman–Crippen MR) is 83.0 cm³/mol. The largest absolute Gasteiger partial charge is 0.381 e. The first-order valence-corrected chi connectivity index (χ1v) is 8.61. The quantitative estimate of drug-likeness (QED) is 0.838. The zero-order valence-electron chi connectivity index (χ0n) is 13.4. The van der Waals surface area contributed by atoms with Crippen molar-refractivity contribution in [3.63, 3.8) is 0 Å². The summed E-state index contributed by atoms with van der Waals surface area (Å²) in [6.07, 6.45) is 8.09. The van der Waals surface area contributed by atoms with E-state index < -0.39 is 0 Å². The molecule has 2 saturated heterocycles. The zero-order valence-corrected chi connectivity index (χ0v) is 13.4. The van der Waals surface area contributed by atoms with Crippen molar-refractivity contribution >= 4 is 0 Å². The molecule has 1 N–H and O–H groups in total. The maximum atomic E-state index is 5.87. The third kappa shape index (κ3) is 3.96. The van der Waals surface area contributed by atoms with E-state index in [1.54, 1.807) is 0 Å². The summed E-state index contributed by atoms with van der Waals surface area (Å²) in [6, 6.07) is 0.812. The van der Waals surface area contributed by atoms with Crippen molar-refractivity contribution in [1.29, 1.82) is 0 Å². The highest BCUT2D eigenvalue weighted by Gasteiger charge is 2.38. The van der Waals surface area contributed by atoms with Crippen LogP contribution in [0.5, 0.6) is 0 Å². The minimum atomic E-state index is 0.369. The van der Waals surface area contributed by atoms with Crippen LogP contribution in [0.4, 0.5) is 0 Å². The lowest BCUT2D eigenvalue weighted by Gasteiger charge is -2.45. The molecule has 1 saturated carbocycles. The molecule has 20 heavy (non-hydrogen) atoms. The van der Waals surface area contributed by atoms with E-state index in [1.807, 2.05) is 0 Å². The number of likely N-dealkylation sites (tertiary alicyclic amines) is 1. The van der Waals surface area contributed by atoms with Crippen LogP contribution in [-0.4, -0.2) is 50.3 Å². The highest BCUT2D eigenvalue weighted by atomic mass is 16.5. The first-order chi connectivity index (χ1) is 9.57. The van der Waals surface area contributed by atoms with Gasteiger partial charge in [0.1, 0.15) is 0 Å². The molecule has 2 heterocycles. The summed E-state index contributed by atoms with van der Waals surface area (Å²) < 4.78 is 5.87. The molecule has 116 valence electrons. The van der Waals surface area contributed by atoms with E-state index in [1.165, 1.54) is 58.2 Å². The van der Waals surface area contributed by atoms with E-state index in [0.29, 0.717) is 10.8 Å². The summed E-state index contributed by atoms with van der Waals surface area (Å²) in [7, 11) is 0. The van der Waals surface area contributed by atoms with E-state index in [0.717, 1.165) is 25.8 Å². The summed E-state index contributed by atoms with van der Waals surface area (Å²) in [6.45, 7) is 11.7. The number of ether oxygens (including phenoxy) is 1. The second-order valence-corrected chi connectivity index (χ2v) is 8.29. The molecular formula is C17H32N2O. The summed E-state index contributed by atoms with van der Waals surface area (Å²) in [5.41, 5.74) is 0.868. The van der Waals surface area contributed by atoms with E-state index >= 15 is 0 Å². The average Bonchev–Trinajstić information content (AvgIpc) is 3.20. The van der Waals surface area contributed by atoms with E-state index in [2.05, 4.69) is 24.1 Å². The van der Waals surface area contributed by atoms with Crippen molar-refractivity contribution in [2.24, 2.45) is 10.8 Å². The first kappa shape index (κ1) is 14.8. The molecule has 3 aliphatic rings. The number of hydrogen-bond donors (Lipinski definition) is 1. The van der Waals surface area contributed by atoms with Gasteiger partial charge in [-0.3, -0.25) is 0 Å². The maximum Gasteiger partial charge on any atom is 0.0546 e. The predicted octanol–water partition coefficient (Wildman–Crippen LogP) is 2.66. The van der Waals surface area contributed by atoms with Crippen LogP contribution < -0.4 is 5.32 Å². The third-order valence-electron chi connectivity index (χ3n) is 5.29. The fraction of sp³-hybridized carbons (Fsp3) is 1.00. The monoisotopic (exact) mass is 280 g/mol. The summed E-state index contributed by atoms with van der Waals surface area (Å²) >= 11 is 0. The van der Waals surface area contributed by atoms with Gasteiger partial charge in [0.15, 0.2) is 0 Å². The maximum absolute atomic E-state index is 5.87. The lowest BCUT2D eigenvalue weighted by atomic mass is 9.79. The van der Waals surface area contributed by atoms with Gasteiger partial charge in [-0.25, -0.2) is 0 Å². The molecule has 0 aromatic rings. The highest BCUT2D eigenvalue weighted by molar-refractivity contribution is 4.92. The molecule has 3 fully saturated rings. The van der Waals surface area contributed by atoms with Crippen LogP contribution in [0.1, 0.15) is 52.4 Å². The molecule has 1 aliphatic carbocycles. The van der Waals surface area contributed by atoms with Gasteiger partial charge >= 0.3 is 0 Å². The molecule has 3 nitrogen and oxygen atoms in total. The van der Waals surface area contributed by atoms with Gasteiger partial charge in [-0.1, -0.05) is 13.8 Å². The minimum absolute atomic E-state index is 0.369. The molecule has 2 aliphatic heterocycles. The zero-order chi connectivity index (χ0) is 14.1. The number of hydrogen-bond acceptors (Lipinski definition) is 3. The second-order valence-electron chi connectivity index (χ2n) is 8.29. The minimum Gasteiger partial charge on any atom is -0.381 e. The second kappa shape index (κ2) is 5.94. The van der Waals surface area contributed by atoms with Gasteiger partial charge in [0, 0.05) is 37.7 Å². The Hall–Kier alpha value is -0.120. The van der Waals surface area contributed by atoms with Crippen LogP contribution in [0.15, 0.2) is 0 Å².